The van der Waals surface area contributed by atoms with Crippen LogP contribution in [0.3, 0.4) is 0 Å². The summed E-state index contributed by atoms with van der Waals surface area (Å²) in [6, 6.07) is 2.47. The van der Waals surface area contributed by atoms with Crippen LogP contribution in [-0.2, 0) is 4.74 Å². The molecule has 1 aromatic carbocycles. The van der Waals surface area contributed by atoms with Gasteiger partial charge >= 0.3 is 6.09 Å². The zero-order valence-electron chi connectivity index (χ0n) is 9.67. The van der Waals surface area contributed by atoms with E-state index >= 15 is 0 Å². The molecule has 6 heteroatoms. The molecular weight excluding hydrogens is 293 g/mol. The molecule has 0 fully saturated rings. The molecule has 0 radical (unpaired) electrons. The lowest BCUT2D eigenvalue weighted by Gasteiger charge is -2.20. The molecule has 0 aliphatic heterocycles. The third-order valence-electron chi connectivity index (χ3n) is 1.66. The Morgan fingerprint density at radius 2 is 2.06 bits per heavy atom. The van der Waals surface area contributed by atoms with E-state index in [9.17, 15) is 14.3 Å². The van der Waals surface area contributed by atoms with Gasteiger partial charge in [-0.1, -0.05) is 15.9 Å². The molecule has 0 aliphatic carbocycles. The minimum absolute atomic E-state index is 0.0499. The maximum atomic E-state index is 13.2. The third kappa shape index (κ3) is 4.22. The van der Waals surface area contributed by atoms with Gasteiger partial charge in [-0.2, -0.15) is 0 Å². The Bertz CT molecular complexity index is 443. The number of phenolic OH excluding ortho intramolecular Hbond substituents is 1. The summed E-state index contributed by atoms with van der Waals surface area (Å²) in [4.78, 5) is 11.4. The van der Waals surface area contributed by atoms with Crippen molar-refractivity contribution < 1.29 is 19.0 Å². The smallest absolute Gasteiger partial charge is 0.412 e. The topological polar surface area (TPSA) is 58.6 Å². The first-order chi connectivity index (χ1) is 7.69. The third-order valence-corrected chi connectivity index (χ3v) is 2.12. The highest BCUT2D eigenvalue weighted by Crippen LogP contribution is 2.30. The molecule has 0 aliphatic rings. The van der Waals surface area contributed by atoms with Crippen LogP contribution in [-0.4, -0.2) is 16.8 Å². The van der Waals surface area contributed by atoms with Crippen LogP contribution in [0.15, 0.2) is 16.6 Å². The van der Waals surface area contributed by atoms with Crippen molar-refractivity contribution in [1.29, 1.82) is 0 Å². The molecule has 0 unspecified atom stereocenters. The monoisotopic (exact) mass is 305 g/mol. The van der Waals surface area contributed by atoms with Crippen molar-refractivity contribution in [1.82, 2.24) is 0 Å². The van der Waals surface area contributed by atoms with Crippen LogP contribution >= 0.6 is 15.9 Å². The van der Waals surface area contributed by atoms with Crippen LogP contribution in [0.2, 0.25) is 0 Å². The van der Waals surface area contributed by atoms with Crippen LogP contribution in [0, 0.1) is 5.82 Å². The second-order valence-electron chi connectivity index (χ2n) is 4.41. The first-order valence-electron chi connectivity index (χ1n) is 4.87. The van der Waals surface area contributed by atoms with E-state index in [4.69, 9.17) is 4.74 Å². The number of carbonyl (C=O) groups is 1. The van der Waals surface area contributed by atoms with E-state index in [1.54, 1.807) is 20.8 Å². The SMILES string of the molecule is CC(C)(C)OC(=O)Nc1cc(Br)cc(F)c1O. The zero-order valence-corrected chi connectivity index (χ0v) is 11.3. The standard InChI is InChI=1S/C11H13BrFNO3/c1-11(2,3)17-10(16)14-8-5-6(12)4-7(13)9(8)15/h4-5,15H,1-3H3,(H,14,16). The molecule has 0 atom stereocenters. The maximum absolute atomic E-state index is 13.2. The van der Waals surface area contributed by atoms with Gasteiger partial charge in [0.15, 0.2) is 11.6 Å². The number of phenols is 1. The van der Waals surface area contributed by atoms with E-state index in [0.717, 1.165) is 6.07 Å². The van der Waals surface area contributed by atoms with Gasteiger partial charge in [-0.25, -0.2) is 9.18 Å². The molecule has 0 saturated heterocycles. The molecule has 4 nitrogen and oxygen atoms in total. The number of halogens is 2. The van der Waals surface area contributed by atoms with E-state index < -0.39 is 23.3 Å². The number of benzene rings is 1. The summed E-state index contributed by atoms with van der Waals surface area (Å²) in [6.07, 6.45) is -0.759. The lowest BCUT2D eigenvalue weighted by Crippen LogP contribution is -2.27. The quantitative estimate of drug-likeness (QED) is 0.779. The normalized spacial score (nSPS) is 11.1. The van der Waals surface area contributed by atoms with Gasteiger partial charge in [0.1, 0.15) is 5.60 Å². The van der Waals surface area contributed by atoms with Crippen molar-refractivity contribution in [2.45, 2.75) is 26.4 Å². The zero-order chi connectivity index (χ0) is 13.2. The summed E-state index contributed by atoms with van der Waals surface area (Å²) in [7, 11) is 0. The number of ether oxygens (including phenoxy) is 1. The van der Waals surface area contributed by atoms with Crippen LogP contribution in [0.1, 0.15) is 20.8 Å². The summed E-state index contributed by atoms with van der Waals surface area (Å²) in [6.45, 7) is 5.11. The van der Waals surface area contributed by atoms with Crippen molar-refractivity contribution in [2.24, 2.45) is 0 Å². The molecule has 0 saturated carbocycles. The highest BCUT2D eigenvalue weighted by Gasteiger charge is 2.18. The van der Waals surface area contributed by atoms with Gasteiger partial charge in [0, 0.05) is 4.47 Å². The van der Waals surface area contributed by atoms with Gasteiger partial charge in [-0.3, -0.25) is 5.32 Å². The number of amides is 1. The number of nitrogens with one attached hydrogen (secondary N) is 1. The average Bonchev–Trinajstić information content (AvgIpc) is 2.10. The van der Waals surface area contributed by atoms with Crippen LogP contribution in [0.5, 0.6) is 5.75 Å². The molecule has 1 aromatic rings. The molecule has 17 heavy (non-hydrogen) atoms. The molecule has 0 aromatic heterocycles. The average molecular weight is 306 g/mol. The molecule has 1 rings (SSSR count). The molecular formula is C11H13BrFNO3. The van der Waals surface area contributed by atoms with Crippen molar-refractivity contribution in [3.05, 3.63) is 22.4 Å². The minimum Gasteiger partial charge on any atom is -0.503 e. The van der Waals surface area contributed by atoms with E-state index in [-0.39, 0.29) is 5.69 Å². The van der Waals surface area contributed by atoms with Gasteiger partial charge in [0.25, 0.3) is 0 Å². The Kier molecular flexibility index (Phi) is 3.98. The number of rotatable bonds is 1. The Labute approximate surface area is 107 Å². The molecule has 0 bridgehead atoms. The van der Waals surface area contributed by atoms with Crippen molar-refractivity contribution in [3.63, 3.8) is 0 Å². The first-order valence-corrected chi connectivity index (χ1v) is 5.66. The maximum Gasteiger partial charge on any atom is 0.412 e. The second-order valence-corrected chi connectivity index (χ2v) is 5.33. The molecule has 2 N–H and O–H groups in total. The summed E-state index contributed by atoms with van der Waals surface area (Å²) < 4.78 is 18.5. The Morgan fingerprint density at radius 3 is 2.59 bits per heavy atom. The van der Waals surface area contributed by atoms with E-state index in [2.05, 4.69) is 21.2 Å². The Morgan fingerprint density at radius 1 is 1.47 bits per heavy atom. The van der Waals surface area contributed by atoms with Crippen LogP contribution in [0.4, 0.5) is 14.9 Å². The van der Waals surface area contributed by atoms with E-state index in [1.165, 1.54) is 6.07 Å². The van der Waals surface area contributed by atoms with E-state index in [0.29, 0.717) is 4.47 Å². The predicted molar refractivity (Wildman–Crippen MR) is 65.6 cm³/mol. The van der Waals surface area contributed by atoms with Crippen LogP contribution < -0.4 is 5.32 Å². The highest BCUT2D eigenvalue weighted by molar-refractivity contribution is 9.10. The lowest BCUT2D eigenvalue weighted by molar-refractivity contribution is 0.0635. The number of hydrogen-bond donors (Lipinski definition) is 2. The number of hydrogen-bond acceptors (Lipinski definition) is 3. The fourth-order valence-electron chi connectivity index (χ4n) is 1.07. The Balaban J connectivity index is 2.85. The first kappa shape index (κ1) is 13.8. The fraction of sp³-hybridized carbons (Fsp3) is 0.364. The number of carbonyl (C=O) groups excluding carboxylic acids is 1. The fourth-order valence-corrected chi connectivity index (χ4v) is 1.50. The summed E-state index contributed by atoms with van der Waals surface area (Å²) in [5, 5.41) is 11.7. The van der Waals surface area contributed by atoms with Gasteiger partial charge in [-0.05, 0) is 32.9 Å². The van der Waals surface area contributed by atoms with Gasteiger partial charge < -0.3 is 9.84 Å². The number of aromatic hydroxyl groups is 1. The molecule has 0 heterocycles. The van der Waals surface area contributed by atoms with Crippen LogP contribution in [0.25, 0.3) is 0 Å². The molecule has 0 spiro atoms. The van der Waals surface area contributed by atoms with Crippen molar-refractivity contribution >= 4 is 27.7 Å². The summed E-state index contributed by atoms with van der Waals surface area (Å²) in [5.41, 5.74) is -0.712. The Hall–Kier alpha value is -1.30. The van der Waals surface area contributed by atoms with Gasteiger partial charge in [-0.15, -0.1) is 0 Å². The van der Waals surface area contributed by atoms with Crippen molar-refractivity contribution in [2.75, 3.05) is 5.32 Å². The minimum atomic E-state index is -0.828. The molecule has 1 amide bonds. The highest BCUT2D eigenvalue weighted by atomic mass is 79.9. The number of anilines is 1. The molecule has 94 valence electrons. The van der Waals surface area contributed by atoms with E-state index in [1.807, 2.05) is 0 Å². The van der Waals surface area contributed by atoms with Gasteiger partial charge in [0.2, 0.25) is 0 Å². The second kappa shape index (κ2) is 4.91. The van der Waals surface area contributed by atoms with Crippen molar-refractivity contribution in [3.8, 4) is 5.75 Å². The predicted octanol–water partition coefficient (Wildman–Crippen LogP) is 3.64. The van der Waals surface area contributed by atoms with Gasteiger partial charge in [0.05, 0.1) is 5.69 Å². The lowest BCUT2D eigenvalue weighted by atomic mass is 10.2. The summed E-state index contributed by atoms with van der Waals surface area (Å²) in [5.74, 6) is -1.45. The summed E-state index contributed by atoms with van der Waals surface area (Å²) >= 11 is 3.06. The largest absolute Gasteiger partial charge is 0.503 e.